The van der Waals surface area contributed by atoms with Crippen LogP contribution in [0.1, 0.15) is 56.2 Å². The first kappa shape index (κ1) is 13.0. The normalized spacial score (nSPS) is 10.4. The summed E-state index contributed by atoms with van der Waals surface area (Å²) >= 11 is 0. The summed E-state index contributed by atoms with van der Waals surface area (Å²) in [4.78, 5) is 0. The summed E-state index contributed by atoms with van der Waals surface area (Å²) in [5.74, 6) is 0. The number of hydrogen-bond donors (Lipinski definition) is 0. The van der Waals surface area contributed by atoms with Gasteiger partial charge in [0.05, 0.1) is 0 Å². The summed E-state index contributed by atoms with van der Waals surface area (Å²) in [6.45, 7) is 8.42. The van der Waals surface area contributed by atoms with Crippen LogP contribution >= 0.6 is 0 Å². The molecule has 0 aliphatic heterocycles. The first-order valence-electron chi connectivity index (χ1n) is 6.56. The third kappa shape index (κ3) is 3.52. The average molecular weight is 216 g/mol. The molecule has 0 amide bonds. The van der Waals surface area contributed by atoms with Crippen molar-refractivity contribution in [2.24, 2.45) is 0 Å². The summed E-state index contributed by atoms with van der Waals surface area (Å²) in [6, 6.07) is 6.62. The molecule has 0 saturated carbocycles. The number of benzene rings is 1. The van der Waals surface area contributed by atoms with E-state index in [0.29, 0.717) is 0 Å². The summed E-state index contributed by atoms with van der Waals surface area (Å²) in [7, 11) is 0. The van der Waals surface area contributed by atoms with Gasteiger partial charge >= 0.3 is 0 Å². The zero-order valence-corrected chi connectivity index (χ0v) is 10.8. The molecule has 0 fully saturated rings. The Bertz CT molecular complexity index is 323. The molecule has 0 saturated heterocycles. The van der Waals surface area contributed by atoms with Crippen LogP contribution in [-0.2, 0) is 12.8 Å². The van der Waals surface area contributed by atoms with Crippen molar-refractivity contribution in [2.75, 3.05) is 0 Å². The lowest BCUT2D eigenvalue weighted by Crippen LogP contribution is -1.97. The molecule has 0 heterocycles. The Morgan fingerprint density at radius 2 is 1.88 bits per heavy atom. The summed E-state index contributed by atoms with van der Waals surface area (Å²) < 4.78 is 0. The van der Waals surface area contributed by atoms with Crippen LogP contribution in [0.4, 0.5) is 0 Å². The van der Waals surface area contributed by atoms with E-state index in [2.05, 4.69) is 38.6 Å². The largest absolute Gasteiger partial charge is 0.0985 e. The minimum absolute atomic E-state index is 1.20. The molecule has 0 heteroatoms. The molecule has 1 rings (SSSR count). The zero-order valence-electron chi connectivity index (χ0n) is 10.8. The quantitative estimate of drug-likeness (QED) is 0.562. The van der Waals surface area contributed by atoms with Crippen molar-refractivity contribution in [3.05, 3.63) is 41.5 Å². The first-order valence-corrected chi connectivity index (χ1v) is 6.56. The Labute approximate surface area is 100 Å². The standard InChI is InChI=1S/C16H24/c1-4-7-8-13-16-14(6-3)11-9-12-15(16)10-5-2/h6,9,11-12H,3-5,7-8,10,13H2,1-2H3. The predicted octanol–water partition coefficient (Wildman–Crippen LogP) is 5.01. The van der Waals surface area contributed by atoms with Gasteiger partial charge in [0, 0.05) is 0 Å². The van der Waals surface area contributed by atoms with Gasteiger partial charge in [-0.1, -0.05) is 64.0 Å². The highest BCUT2D eigenvalue weighted by Gasteiger charge is 2.05. The van der Waals surface area contributed by atoms with Crippen LogP contribution in [0.2, 0.25) is 0 Å². The maximum absolute atomic E-state index is 3.92. The second-order valence-corrected chi connectivity index (χ2v) is 4.40. The fourth-order valence-electron chi connectivity index (χ4n) is 2.21. The van der Waals surface area contributed by atoms with E-state index in [0.717, 1.165) is 0 Å². The van der Waals surface area contributed by atoms with Crippen molar-refractivity contribution >= 4 is 6.08 Å². The Balaban J connectivity index is 2.85. The summed E-state index contributed by atoms with van der Waals surface area (Å²) in [5, 5.41) is 0. The molecule has 0 aliphatic rings. The van der Waals surface area contributed by atoms with Crippen LogP contribution in [0.3, 0.4) is 0 Å². The highest BCUT2D eigenvalue weighted by Crippen LogP contribution is 2.20. The van der Waals surface area contributed by atoms with Crippen LogP contribution in [0.25, 0.3) is 6.08 Å². The fourth-order valence-corrected chi connectivity index (χ4v) is 2.21. The summed E-state index contributed by atoms with van der Waals surface area (Å²) in [6.07, 6.45) is 9.56. The molecule has 0 unspecified atom stereocenters. The SMILES string of the molecule is C=Cc1cccc(CCC)c1CCCCC. The lowest BCUT2D eigenvalue weighted by atomic mass is 9.93. The van der Waals surface area contributed by atoms with Gasteiger partial charge in [0.1, 0.15) is 0 Å². The van der Waals surface area contributed by atoms with Crippen LogP contribution in [0.5, 0.6) is 0 Å². The molecule has 1 aromatic rings. The van der Waals surface area contributed by atoms with Gasteiger partial charge in [-0.3, -0.25) is 0 Å². The van der Waals surface area contributed by atoms with Crippen molar-refractivity contribution in [1.82, 2.24) is 0 Å². The molecule has 0 radical (unpaired) electrons. The maximum Gasteiger partial charge on any atom is -0.0228 e. The Morgan fingerprint density at radius 3 is 2.50 bits per heavy atom. The fraction of sp³-hybridized carbons (Fsp3) is 0.500. The number of unbranched alkanes of at least 4 members (excludes halogenated alkanes) is 2. The highest BCUT2D eigenvalue weighted by atomic mass is 14.1. The Hall–Kier alpha value is -1.04. The molecule has 0 aromatic heterocycles. The van der Waals surface area contributed by atoms with E-state index < -0.39 is 0 Å². The average Bonchev–Trinajstić information content (AvgIpc) is 2.31. The van der Waals surface area contributed by atoms with E-state index >= 15 is 0 Å². The maximum atomic E-state index is 3.92. The van der Waals surface area contributed by atoms with Gasteiger partial charge < -0.3 is 0 Å². The molecular formula is C16H24. The second-order valence-electron chi connectivity index (χ2n) is 4.40. The van der Waals surface area contributed by atoms with E-state index in [4.69, 9.17) is 0 Å². The van der Waals surface area contributed by atoms with Crippen LogP contribution in [-0.4, -0.2) is 0 Å². The van der Waals surface area contributed by atoms with Crippen LogP contribution < -0.4 is 0 Å². The Kier molecular flexibility index (Phi) is 5.92. The Morgan fingerprint density at radius 1 is 1.06 bits per heavy atom. The van der Waals surface area contributed by atoms with Gasteiger partial charge in [0.2, 0.25) is 0 Å². The van der Waals surface area contributed by atoms with Gasteiger partial charge in [0.25, 0.3) is 0 Å². The number of hydrogen-bond acceptors (Lipinski definition) is 0. The van der Waals surface area contributed by atoms with E-state index in [1.54, 1.807) is 0 Å². The molecule has 0 atom stereocenters. The third-order valence-corrected chi connectivity index (χ3v) is 3.08. The minimum Gasteiger partial charge on any atom is -0.0985 e. The minimum atomic E-state index is 1.20. The molecule has 0 nitrogen and oxygen atoms in total. The van der Waals surface area contributed by atoms with Gasteiger partial charge in [-0.25, -0.2) is 0 Å². The lowest BCUT2D eigenvalue weighted by molar-refractivity contribution is 0.711. The molecule has 0 N–H and O–H groups in total. The number of rotatable bonds is 7. The van der Waals surface area contributed by atoms with Crippen molar-refractivity contribution in [3.8, 4) is 0 Å². The summed E-state index contributed by atoms with van der Waals surface area (Å²) in [5.41, 5.74) is 4.39. The smallest absolute Gasteiger partial charge is 0.0228 e. The second kappa shape index (κ2) is 7.27. The molecule has 1 aromatic carbocycles. The van der Waals surface area contributed by atoms with Gasteiger partial charge in [0.15, 0.2) is 0 Å². The molecule has 88 valence electrons. The molecular weight excluding hydrogens is 192 g/mol. The third-order valence-electron chi connectivity index (χ3n) is 3.08. The van der Waals surface area contributed by atoms with Crippen molar-refractivity contribution in [1.29, 1.82) is 0 Å². The van der Waals surface area contributed by atoms with Crippen molar-refractivity contribution in [2.45, 2.75) is 52.4 Å². The number of aryl methyl sites for hydroxylation is 1. The highest BCUT2D eigenvalue weighted by molar-refractivity contribution is 5.54. The van der Waals surface area contributed by atoms with Crippen molar-refractivity contribution < 1.29 is 0 Å². The molecule has 0 spiro atoms. The molecule has 0 aliphatic carbocycles. The van der Waals surface area contributed by atoms with Crippen LogP contribution in [0, 0.1) is 0 Å². The topological polar surface area (TPSA) is 0 Å². The van der Waals surface area contributed by atoms with Gasteiger partial charge in [-0.15, -0.1) is 0 Å². The molecule has 16 heavy (non-hydrogen) atoms. The first-order chi connectivity index (χ1) is 7.83. The monoisotopic (exact) mass is 216 g/mol. The van der Waals surface area contributed by atoms with Gasteiger partial charge in [-0.2, -0.15) is 0 Å². The van der Waals surface area contributed by atoms with E-state index in [1.807, 2.05) is 6.08 Å². The van der Waals surface area contributed by atoms with Crippen LogP contribution in [0.15, 0.2) is 24.8 Å². The zero-order chi connectivity index (χ0) is 11.8. The van der Waals surface area contributed by atoms with E-state index in [1.165, 1.54) is 55.2 Å². The van der Waals surface area contributed by atoms with E-state index in [9.17, 15) is 0 Å². The lowest BCUT2D eigenvalue weighted by Gasteiger charge is -2.12. The van der Waals surface area contributed by atoms with Crippen molar-refractivity contribution in [3.63, 3.8) is 0 Å². The predicted molar refractivity (Wildman–Crippen MR) is 73.8 cm³/mol. The van der Waals surface area contributed by atoms with Gasteiger partial charge in [-0.05, 0) is 36.0 Å². The van der Waals surface area contributed by atoms with E-state index in [-0.39, 0.29) is 0 Å². The molecule has 0 bridgehead atoms.